The highest BCUT2D eigenvalue weighted by molar-refractivity contribution is 5.36. The maximum absolute atomic E-state index is 10.4. The van der Waals surface area contributed by atoms with E-state index in [1.807, 2.05) is 0 Å². The summed E-state index contributed by atoms with van der Waals surface area (Å²) in [5, 5.41) is 13.8. The number of rotatable bonds is 3. The minimum Gasteiger partial charge on any atom is -0.387 e. The molecule has 1 aromatic carbocycles. The number of benzene rings is 1. The fourth-order valence-corrected chi connectivity index (χ4v) is 3.23. The number of fused-ring (bicyclic) bond motifs is 1. The Kier molecular flexibility index (Phi) is 4.16. The van der Waals surface area contributed by atoms with Crippen molar-refractivity contribution < 1.29 is 5.11 Å². The minimum atomic E-state index is -0.344. The highest BCUT2D eigenvalue weighted by Crippen LogP contribution is 2.25. The summed E-state index contributed by atoms with van der Waals surface area (Å²) < 4.78 is 0. The number of nitrogens with one attached hydrogen (secondary N) is 1. The van der Waals surface area contributed by atoms with Gasteiger partial charge in [-0.3, -0.25) is 4.90 Å². The van der Waals surface area contributed by atoms with Gasteiger partial charge >= 0.3 is 0 Å². The number of aryl methyl sites for hydroxylation is 2. The maximum atomic E-state index is 10.4. The number of β-amino-alcohol motifs (C(OH)–C–C–N with tert-alkyl or cyclic N) is 1. The zero-order valence-electron chi connectivity index (χ0n) is 11.6. The Morgan fingerprint density at radius 3 is 2.95 bits per heavy atom. The second kappa shape index (κ2) is 6.04. The molecule has 1 aliphatic heterocycles. The van der Waals surface area contributed by atoms with Crippen LogP contribution >= 0.6 is 0 Å². The average Bonchev–Trinajstić information content (AvgIpc) is 2.75. The molecular formula is C16H24N2O. The summed E-state index contributed by atoms with van der Waals surface area (Å²) in [5.41, 5.74) is 4.03. The van der Waals surface area contributed by atoms with Crippen molar-refractivity contribution in [3.63, 3.8) is 0 Å². The van der Waals surface area contributed by atoms with Crippen molar-refractivity contribution in [2.75, 3.05) is 32.7 Å². The van der Waals surface area contributed by atoms with Gasteiger partial charge in [-0.25, -0.2) is 0 Å². The van der Waals surface area contributed by atoms with E-state index in [4.69, 9.17) is 0 Å². The molecule has 1 aliphatic carbocycles. The molecule has 19 heavy (non-hydrogen) atoms. The summed E-state index contributed by atoms with van der Waals surface area (Å²) in [7, 11) is 0. The Labute approximate surface area is 115 Å². The minimum absolute atomic E-state index is 0.344. The molecule has 1 heterocycles. The predicted molar refractivity (Wildman–Crippen MR) is 77.4 cm³/mol. The molecule has 2 N–H and O–H groups in total. The van der Waals surface area contributed by atoms with Crippen LogP contribution in [0, 0.1) is 0 Å². The molecule has 0 spiro atoms. The molecule has 0 bridgehead atoms. The van der Waals surface area contributed by atoms with Gasteiger partial charge in [0.25, 0.3) is 0 Å². The van der Waals surface area contributed by atoms with Crippen LogP contribution in [-0.4, -0.2) is 42.7 Å². The fourth-order valence-electron chi connectivity index (χ4n) is 3.23. The molecule has 3 heteroatoms. The molecule has 1 saturated heterocycles. The zero-order valence-corrected chi connectivity index (χ0v) is 11.6. The van der Waals surface area contributed by atoms with Crippen molar-refractivity contribution in [1.29, 1.82) is 0 Å². The molecule has 0 saturated carbocycles. The van der Waals surface area contributed by atoms with Crippen molar-refractivity contribution in [3.05, 3.63) is 34.9 Å². The van der Waals surface area contributed by atoms with Gasteiger partial charge in [-0.05, 0) is 55.5 Å². The molecule has 0 amide bonds. The van der Waals surface area contributed by atoms with E-state index < -0.39 is 0 Å². The van der Waals surface area contributed by atoms with Crippen LogP contribution in [0.5, 0.6) is 0 Å². The van der Waals surface area contributed by atoms with Gasteiger partial charge in [0.1, 0.15) is 0 Å². The van der Waals surface area contributed by atoms with E-state index in [0.29, 0.717) is 0 Å². The fraction of sp³-hybridized carbons (Fsp3) is 0.625. The first-order chi connectivity index (χ1) is 9.33. The average molecular weight is 260 g/mol. The molecule has 1 fully saturated rings. The Morgan fingerprint density at radius 1 is 1.11 bits per heavy atom. The van der Waals surface area contributed by atoms with E-state index in [1.165, 1.54) is 36.8 Å². The third kappa shape index (κ3) is 3.16. The first-order valence-electron chi connectivity index (χ1n) is 7.56. The van der Waals surface area contributed by atoms with Crippen molar-refractivity contribution in [2.24, 2.45) is 0 Å². The molecule has 1 atom stereocenters. The van der Waals surface area contributed by atoms with Gasteiger partial charge in [-0.2, -0.15) is 0 Å². The smallest absolute Gasteiger partial charge is 0.0917 e. The molecular weight excluding hydrogens is 236 g/mol. The summed E-state index contributed by atoms with van der Waals surface area (Å²) in [6.45, 7) is 5.04. The lowest BCUT2D eigenvalue weighted by atomic mass is 10.0. The molecule has 0 radical (unpaired) electrons. The van der Waals surface area contributed by atoms with Crippen LogP contribution in [-0.2, 0) is 12.8 Å². The lowest BCUT2D eigenvalue weighted by molar-refractivity contribution is 0.117. The number of hydrogen-bond acceptors (Lipinski definition) is 3. The van der Waals surface area contributed by atoms with Gasteiger partial charge in [-0.15, -0.1) is 0 Å². The predicted octanol–water partition coefficient (Wildman–Crippen LogP) is 1.50. The summed E-state index contributed by atoms with van der Waals surface area (Å²) in [4.78, 5) is 2.37. The Morgan fingerprint density at radius 2 is 2.00 bits per heavy atom. The van der Waals surface area contributed by atoms with E-state index in [9.17, 15) is 5.11 Å². The first-order valence-corrected chi connectivity index (χ1v) is 7.56. The van der Waals surface area contributed by atoms with Gasteiger partial charge in [-0.1, -0.05) is 18.2 Å². The lowest BCUT2D eigenvalue weighted by Crippen LogP contribution is -2.32. The van der Waals surface area contributed by atoms with Crippen molar-refractivity contribution in [1.82, 2.24) is 10.2 Å². The third-order valence-corrected chi connectivity index (χ3v) is 4.37. The normalized spacial score (nSPS) is 21.9. The summed E-state index contributed by atoms with van der Waals surface area (Å²) in [6.07, 6.45) is 4.50. The topological polar surface area (TPSA) is 35.5 Å². The van der Waals surface area contributed by atoms with Crippen LogP contribution in [0.15, 0.2) is 18.2 Å². The Bertz CT molecular complexity index is 425. The lowest BCUT2D eigenvalue weighted by Gasteiger charge is -2.23. The summed E-state index contributed by atoms with van der Waals surface area (Å²) in [6, 6.07) is 6.55. The SMILES string of the molecule is OC(CN1CCCNCC1)c1ccc2c(c1)CCC2. The molecule has 0 aromatic heterocycles. The standard InChI is InChI=1S/C16H24N2O/c19-16(12-18-9-2-7-17-8-10-18)15-6-5-13-3-1-4-14(13)11-15/h5-6,11,16-17,19H,1-4,7-10,12H2. The van der Waals surface area contributed by atoms with Crippen LogP contribution in [0.2, 0.25) is 0 Å². The van der Waals surface area contributed by atoms with Gasteiger partial charge in [0.05, 0.1) is 6.10 Å². The van der Waals surface area contributed by atoms with E-state index in [-0.39, 0.29) is 6.10 Å². The van der Waals surface area contributed by atoms with Gasteiger partial charge in [0.2, 0.25) is 0 Å². The molecule has 3 rings (SSSR count). The van der Waals surface area contributed by atoms with Crippen LogP contribution in [0.25, 0.3) is 0 Å². The molecule has 2 aliphatic rings. The largest absolute Gasteiger partial charge is 0.387 e. The Balaban J connectivity index is 1.64. The van der Waals surface area contributed by atoms with E-state index in [0.717, 1.165) is 38.3 Å². The molecule has 1 unspecified atom stereocenters. The van der Waals surface area contributed by atoms with Crippen LogP contribution in [0.1, 0.15) is 35.6 Å². The van der Waals surface area contributed by atoms with Gasteiger partial charge in [0, 0.05) is 19.6 Å². The summed E-state index contributed by atoms with van der Waals surface area (Å²) >= 11 is 0. The monoisotopic (exact) mass is 260 g/mol. The quantitative estimate of drug-likeness (QED) is 0.864. The number of aliphatic hydroxyl groups is 1. The van der Waals surface area contributed by atoms with E-state index >= 15 is 0 Å². The van der Waals surface area contributed by atoms with Crippen molar-refractivity contribution >= 4 is 0 Å². The van der Waals surface area contributed by atoms with Crippen LogP contribution in [0.3, 0.4) is 0 Å². The second-order valence-electron chi connectivity index (χ2n) is 5.80. The van der Waals surface area contributed by atoms with Gasteiger partial charge < -0.3 is 10.4 Å². The van der Waals surface area contributed by atoms with Crippen molar-refractivity contribution in [3.8, 4) is 0 Å². The highest BCUT2D eigenvalue weighted by Gasteiger charge is 2.17. The molecule has 1 aromatic rings. The highest BCUT2D eigenvalue weighted by atomic mass is 16.3. The van der Waals surface area contributed by atoms with Gasteiger partial charge in [0.15, 0.2) is 0 Å². The number of aliphatic hydroxyl groups excluding tert-OH is 1. The number of hydrogen-bond donors (Lipinski definition) is 2. The zero-order chi connectivity index (χ0) is 13.1. The van der Waals surface area contributed by atoms with Crippen molar-refractivity contribution in [2.45, 2.75) is 31.8 Å². The first kappa shape index (κ1) is 13.1. The van der Waals surface area contributed by atoms with Crippen LogP contribution in [0.4, 0.5) is 0 Å². The van der Waals surface area contributed by atoms with E-state index in [2.05, 4.69) is 28.4 Å². The molecule has 3 nitrogen and oxygen atoms in total. The third-order valence-electron chi connectivity index (χ3n) is 4.37. The number of nitrogens with zero attached hydrogens (tertiary/aromatic N) is 1. The Hall–Kier alpha value is -0.900. The molecule has 104 valence electrons. The summed E-state index contributed by atoms with van der Waals surface area (Å²) in [5.74, 6) is 0. The second-order valence-corrected chi connectivity index (χ2v) is 5.80. The van der Waals surface area contributed by atoms with Crippen LogP contribution < -0.4 is 5.32 Å². The maximum Gasteiger partial charge on any atom is 0.0917 e. The van der Waals surface area contributed by atoms with E-state index in [1.54, 1.807) is 0 Å².